The summed E-state index contributed by atoms with van der Waals surface area (Å²) in [5.41, 5.74) is 0.717. The summed E-state index contributed by atoms with van der Waals surface area (Å²) >= 11 is 0. The van der Waals surface area contributed by atoms with Crippen molar-refractivity contribution in [2.75, 3.05) is 6.54 Å². The first-order valence-electron chi connectivity index (χ1n) is 6.34. The molecule has 0 bridgehead atoms. The van der Waals surface area contributed by atoms with Crippen molar-refractivity contribution in [2.24, 2.45) is 0 Å². The highest BCUT2D eigenvalue weighted by atomic mass is 19.4. The highest BCUT2D eigenvalue weighted by Gasteiger charge is 2.31. The number of benzene rings is 1. The number of hydrogen-bond acceptors (Lipinski definition) is 2. The first-order valence-corrected chi connectivity index (χ1v) is 6.34. The fourth-order valence-corrected chi connectivity index (χ4v) is 2.57. The van der Waals surface area contributed by atoms with E-state index >= 15 is 0 Å². The van der Waals surface area contributed by atoms with Crippen molar-refractivity contribution in [3.8, 4) is 0 Å². The van der Waals surface area contributed by atoms with Crippen LogP contribution in [0.2, 0.25) is 0 Å². The van der Waals surface area contributed by atoms with Gasteiger partial charge in [-0.15, -0.1) is 0 Å². The van der Waals surface area contributed by atoms with E-state index in [-0.39, 0.29) is 6.04 Å². The van der Waals surface area contributed by atoms with Crippen LogP contribution in [-0.4, -0.2) is 16.7 Å². The number of piperidine rings is 1. The van der Waals surface area contributed by atoms with E-state index in [1.54, 1.807) is 0 Å². The molecular formula is C13H14F3N3. The zero-order chi connectivity index (χ0) is 13.5. The molecule has 1 aromatic heterocycles. The van der Waals surface area contributed by atoms with Crippen molar-refractivity contribution in [3.05, 3.63) is 29.5 Å². The van der Waals surface area contributed by atoms with Gasteiger partial charge in [0.1, 0.15) is 0 Å². The molecule has 1 saturated heterocycles. The lowest BCUT2D eigenvalue weighted by atomic mass is 9.99. The first-order chi connectivity index (χ1) is 9.05. The van der Waals surface area contributed by atoms with Gasteiger partial charge in [0.15, 0.2) is 0 Å². The van der Waals surface area contributed by atoms with Crippen LogP contribution in [-0.2, 0) is 6.18 Å². The van der Waals surface area contributed by atoms with Crippen LogP contribution in [0.3, 0.4) is 0 Å². The van der Waals surface area contributed by atoms with Crippen LogP contribution < -0.4 is 5.32 Å². The molecule has 6 heteroatoms. The molecule has 1 aliphatic heterocycles. The van der Waals surface area contributed by atoms with E-state index < -0.39 is 11.7 Å². The molecule has 102 valence electrons. The number of hydrogen-bond donors (Lipinski definition) is 2. The summed E-state index contributed by atoms with van der Waals surface area (Å²) in [4.78, 5) is 0. The van der Waals surface area contributed by atoms with Crippen LogP contribution in [0.5, 0.6) is 0 Å². The fourth-order valence-electron chi connectivity index (χ4n) is 2.57. The van der Waals surface area contributed by atoms with Crippen LogP contribution in [0.4, 0.5) is 13.2 Å². The van der Waals surface area contributed by atoms with Gasteiger partial charge in [0, 0.05) is 11.4 Å². The zero-order valence-electron chi connectivity index (χ0n) is 10.2. The van der Waals surface area contributed by atoms with Gasteiger partial charge in [-0.25, -0.2) is 0 Å². The Bertz CT molecular complexity index is 582. The van der Waals surface area contributed by atoms with E-state index in [2.05, 4.69) is 15.5 Å². The summed E-state index contributed by atoms with van der Waals surface area (Å²) in [6.07, 6.45) is -1.20. The van der Waals surface area contributed by atoms with Crippen molar-refractivity contribution in [3.63, 3.8) is 0 Å². The van der Waals surface area contributed by atoms with Gasteiger partial charge in [0.2, 0.25) is 0 Å². The third kappa shape index (κ3) is 2.32. The maximum absolute atomic E-state index is 12.7. The van der Waals surface area contributed by atoms with Crippen LogP contribution in [0, 0.1) is 0 Å². The third-order valence-corrected chi connectivity index (χ3v) is 3.57. The lowest BCUT2D eigenvalue weighted by molar-refractivity contribution is -0.137. The zero-order valence-corrected chi connectivity index (χ0v) is 10.2. The highest BCUT2D eigenvalue weighted by Crippen LogP contribution is 2.34. The van der Waals surface area contributed by atoms with E-state index in [0.29, 0.717) is 10.9 Å². The summed E-state index contributed by atoms with van der Waals surface area (Å²) in [6.45, 7) is 0.893. The van der Waals surface area contributed by atoms with Crippen molar-refractivity contribution < 1.29 is 13.2 Å². The van der Waals surface area contributed by atoms with Gasteiger partial charge in [-0.3, -0.25) is 5.10 Å². The molecule has 0 radical (unpaired) electrons. The van der Waals surface area contributed by atoms with Gasteiger partial charge in [-0.05, 0) is 37.6 Å². The van der Waals surface area contributed by atoms with E-state index in [1.807, 2.05) is 0 Å². The second-order valence-corrected chi connectivity index (χ2v) is 4.87. The van der Waals surface area contributed by atoms with Crippen molar-refractivity contribution in [2.45, 2.75) is 31.5 Å². The quantitative estimate of drug-likeness (QED) is 0.833. The molecular weight excluding hydrogens is 255 g/mol. The van der Waals surface area contributed by atoms with Gasteiger partial charge in [-0.1, -0.05) is 6.42 Å². The Morgan fingerprint density at radius 1 is 1.21 bits per heavy atom. The Labute approximate surface area is 108 Å². The predicted octanol–water partition coefficient (Wildman–Crippen LogP) is 3.40. The monoisotopic (exact) mass is 269 g/mol. The normalized spacial score (nSPS) is 20.9. The molecule has 2 N–H and O–H groups in total. The molecule has 3 rings (SSSR count). The largest absolute Gasteiger partial charge is 0.416 e. The maximum atomic E-state index is 12.7. The molecule has 3 nitrogen and oxygen atoms in total. The number of halogens is 3. The fraction of sp³-hybridized carbons (Fsp3) is 0.462. The summed E-state index contributed by atoms with van der Waals surface area (Å²) in [5, 5.41) is 10.9. The van der Waals surface area contributed by atoms with E-state index in [0.717, 1.165) is 37.6 Å². The topological polar surface area (TPSA) is 40.7 Å². The van der Waals surface area contributed by atoms with Gasteiger partial charge in [0.25, 0.3) is 0 Å². The SMILES string of the molecule is FC(F)(F)c1ccc2n[nH]c(C3CCCCN3)c2c1. The molecule has 0 saturated carbocycles. The number of nitrogens with zero attached hydrogens (tertiary/aromatic N) is 1. The minimum atomic E-state index is -4.32. The number of fused-ring (bicyclic) bond motifs is 1. The Hall–Kier alpha value is -1.56. The Balaban J connectivity index is 2.05. The van der Waals surface area contributed by atoms with Crippen molar-refractivity contribution >= 4 is 10.9 Å². The molecule has 0 amide bonds. The van der Waals surface area contributed by atoms with E-state index in [9.17, 15) is 13.2 Å². The molecule has 1 atom stereocenters. The number of rotatable bonds is 1. The Kier molecular flexibility index (Phi) is 2.97. The number of alkyl halides is 3. The van der Waals surface area contributed by atoms with Crippen LogP contribution in [0.1, 0.15) is 36.6 Å². The standard InChI is InChI=1S/C13H14F3N3/c14-13(15,16)8-4-5-10-9(7-8)12(19-18-10)11-3-1-2-6-17-11/h4-5,7,11,17H,1-3,6H2,(H,18,19). The Morgan fingerprint density at radius 2 is 2.05 bits per heavy atom. The molecule has 0 aliphatic carbocycles. The Morgan fingerprint density at radius 3 is 2.74 bits per heavy atom. The predicted molar refractivity (Wildman–Crippen MR) is 65.7 cm³/mol. The van der Waals surface area contributed by atoms with E-state index in [4.69, 9.17) is 0 Å². The lowest BCUT2D eigenvalue weighted by Gasteiger charge is -2.22. The number of aromatic nitrogens is 2. The summed E-state index contributed by atoms with van der Waals surface area (Å²) < 4.78 is 38.2. The minimum Gasteiger partial charge on any atom is -0.309 e. The molecule has 2 aromatic rings. The van der Waals surface area contributed by atoms with Crippen LogP contribution >= 0.6 is 0 Å². The molecule has 19 heavy (non-hydrogen) atoms. The average Bonchev–Trinajstić information content (AvgIpc) is 2.81. The number of nitrogens with one attached hydrogen (secondary N) is 2. The second kappa shape index (κ2) is 4.52. The van der Waals surface area contributed by atoms with Gasteiger partial charge < -0.3 is 5.32 Å². The van der Waals surface area contributed by atoms with Crippen LogP contribution in [0.25, 0.3) is 10.9 Å². The maximum Gasteiger partial charge on any atom is 0.416 e. The smallest absolute Gasteiger partial charge is 0.309 e. The average molecular weight is 269 g/mol. The second-order valence-electron chi connectivity index (χ2n) is 4.87. The molecule has 1 aromatic carbocycles. The molecule has 1 fully saturated rings. The van der Waals surface area contributed by atoms with Gasteiger partial charge in [0.05, 0.1) is 16.8 Å². The van der Waals surface area contributed by atoms with Crippen LogP contribution in [0.15, 0.2) is 18.2 Å². The first kappa shape index (κ1) is 12.5. The summed E-state index contributed by atoms with van der Waals surface area (Å²) in [7, 11) is 0. The molecule has 2 heterocycles. The summed E-state index contributed by atoms with van der Waals surface area (Å²) in [6, 6.07) is 3.74. The lowest BCUT2D eigenvalue weighted by Crippen LogP contribution is -2.27. The third-order valence-electron chi connectivity index (χ3n) is 3.57. The molecule has 1 unspecified atom stereocenters. The molecule has 1 aliphatic rings. The highest BCUT2D eigenvalue weighted by molar-refractivity contribution is 5.82. The van der Waals surface area contributed by atoms with Gasteiger partial charge >= 0.3 is 6.18 Å². The molecule has 0 spiro atoms. The number of aromatic amines is 1. The summed E-state index contributed by atoms with van der Waals surface area (Å²) in [5.74, 6) is 0. The minimum absolute atomic E-state index is 0.0715. The van der Waals surface area contributed by atoms with E-state index in [1.165, 1.54) is 12.1 Å². The number of H-pyrrole nitrogens is 1. The van der Waals surface area contributed by atoms with Gasteiger partial charge in [-0.2, -0.15) is 18.3 Å². The van der Waals surface area contributed by atoms with Crippen molar-refractivity contribution in [1.29, 1.82) is 0 Å². The van der Waals surface area contributed by atoms with Crippen molar-refractivity contribution in [1.82, 2.24) is 15.5 Å².